The summed E-state index contributed by atoms with van der Waals surface area (Å²) in [6, 6.07) is 1.36. The molecule has 3 rings (SSSR count). The van der Waals surface area contributed by atoms with Crippen molar-refractivity contribution in [3.05, 3.63) is 23.8 Å². The molecule has 2 bridgehead atoms. The lowest BCUT2D eigenvalue weighted by atomic mass is 9.89. The summed E-state index contributed by atoms with van der Waals surface area (Å²) < 4.78 is 55.1. The minimum Gasteiger partial charge on any atom is -0.487 e. The van der Waals surface area contributed by atoms with E-state index in [-0.39, 0.29) is 6.61 Å². The molecule has 0 saturated heterocycles. The summed E-state index contributed by atoms with van der Waals surface area (Å²) in [6.45, 7) is 0.266. The highest BCUT2D eigenvalue weighted by atomic mass is 35.7. The molecular weight excluding hydrogens is 322 g/mol. The molecule has 3 atom stereocenters. The molecule has 2 fully saturated rings. The number of halogens is 3. The molecule has 7 heteroatoms. The monoisotopic (exact) mass is 336 g/mol. The van der Waals surface area contributed by atoms with Gasteiger partial charge in [0, 0.05) is 10.7 Å². The van der Waals surface area contributed by atoms with Gasteiger partial charge in [-0.15, -0.1) is 0 Å². The molecule has 3 unspecified atom stereocenters. The molecule has 0 N–H and O–H groups in total. The standard InChI is InChI=1S/C14H15ClF2O3S/c15-21(18,19)11-5-12(16)14(13(17)6-11)20-7-10-4-8-1-2-9(10)3-8/h5-6,8-10H,1-4,7H2. The fourth-order valence-corrected chi connectivity index (χ4v) is 4.34. The number of benzene rings is 1. The third-order valence-corrected chi connectivity index (χ3v) is 5.91. The van der Waals surface area contributed by atoms with Crippen molar-refractivity contribution in [1.29, 1.82) is 0 Å². The largest absolute Gasteiger partial charge is 0.487 e. The first kappa shape index (κ1) is 15.0. The first-order chi connectivity index (χ1) is 9.84. The van der Waals surface area contributed by atoms with Crippen LogP contribution in [0.3, 0.4) is 0 Å². The zero-order valence-electron chi connectivity index (χ0n) is 11.2. The van der Waals surface area contributed by atoms with Crippen LogP contribution in [-0.2, 0) is 9.05 Å². The van der Waals surface area contributed by atoms with Crippen LogP contribution >= 0.6 is 10.7 Å². The van der Waals surface area contributed by atoms with Crippen LogP contribution in [0.2, 0.25) is 0 Å². The third-order valence-electron chi connectivity index (χ3n) is 4.58. The third kappa shape index (κ3) is 3.01. The Balaban J connectivity index is 1.74. The predicted molar refractivity (Wildman–Crippen MR) is 73.8 cm³/mol. The summed E-state index contributed by atoms with van der Waals surface area (Å²) in [7, 11) is 0.911. The Morgan fingerprint density at radius 2 is 1.86 bits per heavy atom. The van der Waals surface area contributed by atoms with Gasteiger partial charge in [0.25, 0.3) is 9.05 Å². The van der Waals surface area contributed by atoms with Gasteiger partial charge in [-0.2, -0.15) is 0 Å². The summed E-state index contributed by atoms with van der Waals surface area (Å²) in [5, 5.41) is 0. The average molecular weight is 337 g/mol. The zero-order chi connectivity index (χ0) is 15.2. The van der Waals surface area contributed by atoms with E-state index in [1.807, 2.05) is 0 Å². The van der Waals surface area contributed by atoms with Crippen LogP contribution in [0.5, 0.6) is 5.75 Å². The van der Waals surface area contributed by atoms with E-state index in [4.69, 9.17) is 15.4 Å². The van der Waals surface area contributed by atoms with E-state index in [0.29, 0.717) is 24.0 Å². The Kier molecular flexibility index (Phi) is 3.86. The minimum atomic E-state index is -4.17. The van der Waals surface area contributed by atoms with Crippen LogP contribution in [-0.4, -0.2) is 15.0 Å². The summed E-state index contributed by atoms with van der Waals surface area (Å²) >= 11 is 0. The van der Waals surface area contributed by atoms with Gasteiger partial charge in [0.15, 0.2) is 17.4 Å². The van der Waals surface area contributed by atoms with Gasteiger partial charge >= 0.3 is 0 Å². The van der Waals surface area contributed by atoms with Crippen LogP contribution in [0.1, 0.15) is 25.7 Å². The van der Waals surface area contributed by atoms with Crippen molar-refractivity contribution in [3.8, 4) is 5.75 Å². The number of rotatable bonds is 4. The second kappa shape index (κ2) is 5.39. The molecule has 21 heavy (non-hydrogen) atoms. The van der Waals surface area contributed by atoms with Crippen LogP contribution < -0.4 is 4.74 Å². The Hall–Kier alpha value is -0.880. The number of hydrogen-bond donors (Lipinski definition) is 0. The summed E-state index contributed by atoms with van der Waals surface area (Å²) in [6.07, 6.45) is 4.63. The molecule has 2 aliphatic rings. The Morgan fingerprint density at radius 3 is 2.33 bits per heavy atom. The van der Waals surface area contributed by atoms with Crippen LogP contribution in [0.15, 0.2) is 17.0 Å². The second-order valence-electron chi connectivity index (χ2n) is 5.90. The van der Waals surface area contributed by atoms with E-state index >= 15 is 0 Å². The molecule has 0 amide bonds. The molecule has 0 spiro atoms. The van der Waals surface area contributed by atoms with E-state index in [0.717, 1.165) is 18.8 Å². The molecule has 0 aliphatic heterocycles. The van der Waals surface area contributed by atoms with Gasteiger partial charge in [-0.1, -0.05) is 6.42 Å². The van der Waals surface area contributed by atoms with Gasteiger partial charge in [-0.05, 0) is 49.1 Å². The van der Waals surface area contributed by atoms with E-state index in [2.05, 4.69) is 0 Å². The quantitative estimate of drug-likeness (QED) is 0.787. The van der Waals surface area contributed by atoms with Crippen LogP contribution in [0.25, 0.3) is 0 Å². The highest BCUT2D eigenvalue weighted by Crippen LogP contribution is 2.48. The molecule has 2 saturated carbocycles. The van der Waals surface area contributed by atoms with E-state index < -0.39 is 31.3 Å². The number of hydrogen-bond acceptors (Lipinski definition) is 3. The van der Waals surface area contributed by atoms with Gasteiger partial charge in [-0.3, -0.25) is 0 Å². The van der Waals surface area contributed by atoms with Crippen LogP contribution in [0.4, 0.5) is 8.78 Å². The van der Waals surface area contributed by atoms with Crippen LogP contribution in [0, 0.1) is 29.4 Å². The maximum absolute atomic E-state index is 13.8. The molecule has 0 aromatic heterocycles. The Labute approximate surface area is 126 Å². The maximum Gasteiger partial charge on any atom is 0.261 e. The van der Waals surface area contributed by atoms with Crippen molar-refractivity contribution in [2.75, 3.05) is 6.61 Å². The fraction of sp³-hybridized carbons (Fsp3) is 0.571. The predicted octanol–water partition coefficient (Wildman–Crippen LogP) is 3.71. The van der Waals surface area contributed by atoms with E-state index in [9.17, 15) is 17.2 Å². The lowest BCUT2D eigenvalue weighted by Gasteiger charge is -2.22. The molecule has 0 radical (unpaired) electrons. The molecule has 1 aromatic carbocycles. The molecule has 0 heterocycles. The van der Waals surface area contributed by atoms with Crippen molar-refractivity contribution in [2.45, 2.75) is 30.6 Å². The topological polar surface area (TPSA) is 43.4 Å². The number of ether oxygens (including phenoxy) is 1. The molecule has 3 nitrogen and oxygen atoms in total. The summed E-state index contributed by atoms with van der Waals surface area (Å²) in [5.74, 6) is -0.971. The second-order valence-corrected chi connectivity index (χ2v) is 8.47. The van der Waals surface area contributed by atoms with Crippen molar-refractivity contribution >= 4 is 19.7 Å². The van der Waals surface area contributed by atoms with Gasteiger partial charge in [0.1, 0.15) is 0 Å². The first-order valence-electron chi connectivity index (χ1n) is 6.91. The van der Waals surface area contributed by atoms with Gasteiger partial charge in [0.2, 0.25) is 0 Å². The Bertz CT molecular complexity index is 639. The molecule has 116 valence electrons. The smallest absolute Gasteiger partial charge is 0.261 e. The summed E-state index contributed by atoms with van der Waals surface area (Å²) in [4.78, 5) is -0.605. The van der Waals surface area contributed by atoms with Crippen molar-refractivity contribution in [3.63, 3.8) is 0 Å². The van der Waals surface area contributed by atoms with Crippen molar-refractivity contribution < 1.29 is 21.9 Å². The molecular formula is C14H15ClF2O3S. The lowest BCUT2D eigenvalue weighted by Crippen LogP contribution is -2.19. The molecule has 2 aliphatic carbocycles. The minimum absolute atomic E-state index is 0.266. The van der Waals surface area contributed by atoms with Crippen molar-refractivity contribution in [1.82, 2.24) is 0 Å². The first-order valence-corrected chi connectivity index (χ1v) is 9.22. The van der Waals surface area contributed by atoms with Gasteiger partial charge in [-0.25, -0.2) is 17.2 Å². The molecule has 1 aromatic rings. The van der Waals surface area contributed by atoms with E-state index in [1.54, 1.807) is 0 Å². The fourth-order valence-electron chi connectivity index (χ4n) is 3.59. The SMILES string of the molecule is O=S(=O)(Cl)c1cc(F)c(OCC2CC3CCC2C3)c(F)c1. The lowest BCUT2D eigenvalue weighted by molar-refractivity contribution is 0.183. The highest BCUT2D eigenvalue weighted by molar-refractivity contribution is 8.13. The Morgan fingerprint density at radius 1 is 1.19 bits per heavy atom. The highest BCUT2D eigenvalue weighted by Gasteiger charge is 2.39. The van der Waals surface area contributed by atoms with Gasteiger partial charge < -0.3 is 4.74 Å². The zero-order valence-corrected chi connectivity index (χ0v) is 12.8. The van der Waals surface area contributed by atoms with Crippen molar-refractivity contribution in [2.24, 2.45) is 17.8 Å². The number of fused-ring (bicyclic) bond motifs is 2. The summed E-state index contributed by atoms with van der Waals surface area (Å²) in [5.41, 5.74) is 0. The van der Waals surface area contributed by atoms with E-state index in [1.165, 1.54) is 12.8 Å². The normalized spacial score (nSPS) is 28.0. The maximum atomic E-state index is 13.8. The average Bonchev–Trinajstić information content (AvgIpc) is 2.98. The van der Waals surface area contributed by atoms with Gasteiger partial charge in [0.05, 0.1) is 11.5 Å².